The van der Waals surface area contributed by atoms with Crippen LogP contribution in [0.25, 0.3) is 0 Å². The summed E-state index contributed by atoms with van der Waals surface area (Å²) in [7, 11) is -3.76. The Balaban J connectivity index is 2.13. The zero-order valence-electron chi connectivity index (χ0n) is 10.4. The van der Waals surface area contributed by atoms with Gasteiger partial charge in [0.05, 0.1) is 16.3 Å². The van der Waals surface area contributed by atoms with E-state index in [1.54, 1.807) is 42.5 Å². The van der Waals surface area contributed by atoms with Crippen molar-refractivity contribution >= 4 is 27.5 Å². The summed E-state index contributed by atoms with van der Waals surface area (Å²) in [6.07, 6.45) is 0. The molecule has 1 N–H and O–H groups in total. The van der Waals surface area contributed by atoms with E-state index in [-0.39, 0.29) is 16.3 Å². The molecule has 0 heterocycles. The highest BCUT2D eigenvalue weighted by Gasteiger charge is 2.18. The van der Waals surface area contributed by atoms with Crippen LogP contribution in [0.5, 0.6) is 0 Å². The van der Waals surface area contributed by atoms with Crippen LogP contribution in [0.2, 0.25) is 5.02 Å². The molecule has 2 aromatic carbocycles. The monoisotopic (exact) mass is 309 g/mol. The van der Waals surface area contributed by atoms with Crippen LogP contribution in [0.3, 0.4) is 0 Å². The fourth-order valence-corrected chi connectivity index (χ4v) is 2.99. The SMILES string of the molecule is O=C(NS(=O)(=O)Cc1ccccc1)c1ccccc1Cl. The first-order chi connectivity index (χ1) is 9.48. The second kappa shape index (κ2) is 6.07. The number of hydrogen-bond acceptors (Lipinski definition) is 3. The molecule has 0 radical (unpaired) electrons. The Kier molecular flexibility index (Phi) is 4.42. The average molecular weight is 310 g/mol. The van der Waals surface area contributed by atoms with Crippen molar-refractivity contribution in [3.05, 3.63) is 70.7 Å². The van der Waals surface area contributed by atoms with Gasteiger partial charge in [-0.2, -0.15) is 0 Å². The van der Waals surface area contributed by atoms with Crippen LogP contribution in [0.1, 0.15) is 15.9 Å². The highest BCUT2D eigenvalue weighted by molar-refractivity contribution is 7.89. The second-order valence-corrected chi connectivity index (χ2v) is 6.29. The highest BCUT2D eigenvalue weighted by atomic mass is 35.5. The van der Waals surface area contributed by atoms with Crippen LogP contribution in [0, 0.1) is 0 Å². The minimum atomic E-state index is -3.76. The van der Waals surface area contributed by atoms with Crippen molar-refractivity contribution in [1.82, 2.24) is 4.72 Å². The summed E-state index contributed by atoms with van der Waals surface area (Å²) < 4.78 is 25.9. The van der Waals surface area contributed by atoms with E-state index < -0.39 is 15.9 Å². The summed E-state index contributed by atoms with van der Waals surface area (Å²) in [5.41, 5.74) is 0.734. The molecule has 0 aliphatic carbocycles. The molecule has 2 aromatic rings. The topological polar surface area (TPSA) is 63.2 Å². The summed E-state index contributed by atoms with van der Waals surface area (Å²) in [4.78, 5) is 11.9. The number of amides is 1. The smallest absolute Gasteiger partial charge is 0.266 e. The van der Waals surface area contributed by atoms with E-state index in [0.717, 1.165) is 0 Å². The lowest BCUT2D eigenvalue weighted by atomic mass is 10.2. The van der Waals surface area contributed by atoms with Crippen molar-refractivity contribution in [2.75, 3.05) is 0 Å². The van der Waals surface area contributed by atoms with E-state index in [1.807, 2.05) is 4.72 Å². The minimum absolute atomic E-state index is 0.130. The summed E-state index contributed by atoms with van der Waals surface area (Å²) in [6.45, 7) is 0. The lowest BCUT2D eigenvalue weighted by Gasteiger charge is -2.08. The van der Waals surface area contributed by atoms with Gasteiger partial charge in [0.2, 0.25) is 10.0 Å². The van der Waals surface area contributed by atoms with Crippen molar-refractivity contribution in [3.8, 4) is 0 Å². The Hall–Kier alpha value is -1.85. The standard InChI is InChI=1S/C14H12ClNO3S/c15-13-9-5-4-8-12(13)14(17)16-20(18,19)10-11-6-2-1-3-7-11/h1-9H,10H2,(H,16,17). The van der Waals surface area contributed by atoms with Gasteiger partial charge in [0.15, 0.2) is 0 Å². The molecule has 6 heteroatoms. The van der Waals surface area contributed by atoms with Crippen LogP contribution in [-0.2, 0) is 15.8 Å². The first-order valence-corrected chi connectivity index (χ1v) is 7.84. The predicted octanol–water partition coefficient (Wildman–Crippen LogP) is 2.60. The number of sulfonamides is 1. The number of halogens is 1. The number of rotatable bonds is 4. The van der Waals surface area contributed by atoms with Gasteiger partial charge in [0, 0.05) is 0 Å². The van der Waals surface area contributed by atoms with Gasteiger partial charge in [0.1, 0.15) is 0 Å². The minimum Gasteiger partial charge on any atom is -0.268 e. The Morgan fingerprint density at radius 2 is 1.60 bits per heavy atom. The first kappa shape index (κ1) is 14.6. The predicted molar refractivity (Wildman–Crippen MR) is 78.0 cm³/mol. The molecular formula is C14H12ClNO3S. The fraction of sp³-hybridized carbons (Fsp3) is 0.0714. The molecule has 20 heavy (non-hydrogen) atoms. The summed E-state index contributed by atoms with van der Waals surface area (Å²) in [5.74, 6) is -0.990. The van der Waals surface area contributed by atoms with Crippen LogP contribution < -0.4 is 4.72 Å². The van der Waals surface area contributed by atoms with Gasteiger partial charge in [-0.05, 0) is 17.7 Å². The van der Waals surface area contributed by atoms with Crippen LogP contribution in [-0.4, -0.2) is 14.3 Å². The average Bonchev–Trinajstić information content (AvgIpc) is 2.39. The Bertz CT molecular complexity index is 714. The fourth-order valence-electron chi connectivity index (χ4n) is 1.67. The quantitative estimate of drug-likeness (QED) is 0.944. The van der Waals surface area contributed by atoms with Crippen molar-refractivity contribution in [1.29, 1.82) is 0 Å². The molecule has 4 nitrogen and oxygen atoms in total. The Morgan fingerprint density at radius 1 is 1.00 bits per heavy atom. The van der Waals surface area contributed by atoms with Crippen molar-refractivity contribution < 1.29 is 13.2 Å². The maximum atomic E-state index is 11.9. The van der Waals surface area contributed by atoms with Crippen molar-refractivity contribution in [2.45, 2.75) is 5.75 Å². The molecule has 0 unspecified atom stereocenters. The summed E-state index contributed by atoms with van der Waals surface area (Å²) >= 11 is 5.85. The third-order valence-electron chi connectivity index (χ3n) is 2.57. The first-order valence-electron chi connectivity index (χ1n) is 5.81. The van der Waals surface area contributed by atoms with Gasteiger partial charge in [-0.15, -0.1) is 0 Å². The van der Waals surface area contributed by atoms with Crippen molar-refractivity contribution in [2.24, 2.45) is 0 Å². The summed E-state index contributed by atoms with van der Waals surface area (Å²) in [5, 5.41) is 0.208. The Morgan fingerprint density at radius 3 is 2.25 bits per heavy atom. The maximum absolute atomic E-state index is 11.9. The van der Waals surface area contributed by atoms with Gasteiger partial charge >= 0.3 is 0 Å². The van der Waals surface area contributed by atoms with E-state index in [1.165, 1.54) is 12.1 Å². The third-order valence-corrected chi connectivity index (χ3v) is 4.11. The van der Waals surface area contributed by atoms with Gasteiger partial charge in [-0.1, -0.05) is 54.1 Å². The van der Waals surface area contributed by atoms with Crippen LogP contribution >= 0.6 is 11.6 Å². The van der Waals surface area contributed by atoms with E-state index in [2.05, 4.69) is 0 Å². The number of nitrogens with one attached hydrogen (secondary N) is 1. The lowest BCUT2D eigenvalue weighted by molar-refractivity contribution is 0.0981. The number of carbonyl (C=O) groups excluding carboxylic acids is 1. The normalized spacial score (nSPS) is 11.1. The molecular weight excluding hydrogens is 298 g/mol. The van der Waals surface area contributed by atoms with Crippen molar-refractivity contribution in [3.63, 3.8) is 0 Å². The van der Waals surface area contributed by atoms with E-state index in [4.69, 9.17) is 11.6 Å². The largest absolute Gasteiger partial charge is 0.268 e. The van der Waals surface area contributed by atoms with E-state index in [9.17, 15) is 13.2 Å². The number of hydrogen-bond donors (Lipinski definition) is 1. The maximum Gasteiger partial charge on any atom is 0.266 e. The molecule has 0 atom stereocenters. The Labute approximate surface area is 122 Å². The molecule has 0 aliphatic rings. The zero-order valence-corrected chi connectivity index (χ0v) is 12.0. The molecule has 0 aliphatic heterocycles. The zero-order chi connectivity index (χ0) is 14.6. The molecule has 0 saturated carbocycles. The van der Waals surface area contributed by atoms with E-state index >= 15 is 0 Å². The molecule has 1 amide bonds. The number of carbonyl (C=O) groups is 1. The molecule has 0 spiro atoms. The molecule has 2 rings (SSSR count). The molecule has 104 valence electrons. The third kappa shape index (κ3) is 3.82. The van der Waals surface area contributed by atoms with Crippen LogP contribution in [0.15, 0.2) is 54.6 Å². The molecule has 0 fully saturated rings. The van der Waals surface area contributed by atoms with Gasteiger partial charge in [0.25, 0.3) is 5.91 Å². The van der Waals surface area contributed by atoms with Gasteiger partial charge in [-0.3, -0.25) is 4.79 Å². The highest BCUT2D eigenvalue weighted by Crippen LogP contribution is 2.15. The second-order valence-electron chi connectivity index (χ2n) is 4.16. The summed E-state index contributed by atoms with van der Waals surface area (Å²) in [6, 6.07) is 14.9. The molecule has 0 aromatic heterocycles. The number of benzene rings is 2. The van der Waals surface area contributed by atoms with Crippen LogP contribution in [0.4, 0.5) is 0 Å². The lowest BCUT2D eigenvalue weighted by Crippen LogP contribution is -2.31. The molecule has 0 bridgehead atoms. The van der Waals surface area contributed by atoms with E-state index in [0.29, 0.717) is 5.56 Å². The van der Waals surface area contributed by atoms with Gasteiger partial charge < -0.3 is 0 Å². The molecule has 0 saturated heterocycles. The van der Waals surface area contributed by atoms with Gasteiger partial charge in [-0.25, -0.2) is 13.1 Å².